The Morgan fingerprint density at radius 1 is 1.30 bits per heavy atom. The van der Waals surface area contributed by atoms with E-state index >= 15 is 0 Å². The van der Waals surface area contributed by atoms with E-state index in [1.165, 1.54) is 6.07 Å². The predicted octanol–water partition coefficient (Wildman–Crippen LogP) is 4.92. The SMILES string of the molecule is CC(N)Cc1ccc(Oc2ccc(F)c(Br)c2)c(Cl)c1. The normalized spacial score (nSPS) is 12.2. The molecule has 0 aromatic heterocycles. The average Bonchev–Trinajstić information content (AvgIpc) is 2.36. The van der Waals surface area contributed by atoms with E-state index in [-0.39, 0.29) is 11.9 Å². The number of hydrogen-bond donors (Lipinski definition) is 1. The van der Waals surface area contributed by atoms with E-state index < -0.39 is 0 Å². The van der Waals surface area contributed by atoms with E-state index in [1.54, 1.807) is 18.2 Å². The van der Waals surface area contributed by atoms with Crippen LogP contribution in [0.3, 0.4) is 0 Å². The molecule has 0 fully saturated rings. The van der Waals surface area contributed by atoms with Crippen LogP contribution in [-0.2, 0) is 6.42 Å². The van der Waals surface area contributed by atoms with E-state index in [0.717, 1.165) is 12.0 Å². The molecule has 2 aromatic rings. The summed E-state index contributed by atoms with van der Waals surface area (Å²) in [5, 5.41) is 0.503. The van der Waals surface area contributed by atoms with Crippen molar-refractivity contribution < 1.29 is 9.13 Å². The van der Waals surface area contributed by atoms with Crippen molar-refractivity contribution in [3.63, 3.8) is 0 Å². The summed E-state index contributed by atoms with van der Waals surface area (Å²) < 4.78 is 19.1. The molecule has 2 N–H and O–H groups in total. The fourth-order valence-corrected chi connectivity index (χ4v) is 2.39. The van der Waals surface area contributed by atoms with Gasteiger partial charge in [0.25, 0.3) is 0 Å². The zero-order valence-corrected chi connectivity index (χ0v) is 13.2. The van der Waals surface area contributed by atoms with Crippen molar-refractivity contribution in [1.82, 2.24) is 0 Å². The summed E-state index contributed by atoms with van der Waals surface area (Å²) in [5.74, 6) is 0.703. The van der Waals surface area contributed by atoms with Gasteiger partial charge in [-0.1, -0.05) is 17.7 Å². The number of benzene rings is 2. The number of halogens is 3. The zero-order chi connectivity index (χ0) is 14.7. The Labute approximate surface area is 130 Å². The van der Waals surface area contributed by atoms with Gasteiger partial charge in [0.1, 0.15) is 17.3 Å². The van der Waals surface area contributed by atoms with Crippen molar-refractivity contribution in [2.75, 3.05) is 0 Å². The highest BCUT2D eigenvalue weighted by Gasteiger charge is 2.07. The Kier molecular flexibility index (Phi) is 5.02. The molecule has 0 amide bonds. The summed E-state index contributed by atoms with van der Waals surface area (Å²) in [6.45, 7) is 1.94. The second-order valence-electron chi connectivity index (χ2n) is 4.62. The van der Waals surface area contributed by atoms with Crippen LogP contribution in [0.2, 0.25) is 5.02 Å². The lowest BCUT2D eigenvalue weighted by molar-refractivity contribution is 0.480. The number of rotatable bonds is 4. The van der Waals surface area contributed by atoms with Crippen LogP contribution in [0.25, 0.3) is 0 Å². The fraction of sp³-hybridized carbons (Fsp3) is 0.200. The van der Waals surface area contributed by atoms with Crippen molar-refractivity contribution in [3.8, 4) is 11.5 Å². The molecule has 0 saturated carbocycles. The highest BCUT2D eigenvalue weighted by atomic mass is 79.9. The first-order chi connectivity index (χ1) is 9.45. The van der Waals surface area contributed by atoms with E-state index in [0.29, 0.717) is 21.0 Å². The maximum Gasteiger partial charge on any atom is 0.146 e. The van der Waals surface area contributed by atoms with Crippen molar-refractivity contribution in [2.24, 2.45) is 5.73 Å². The van der Waals surface area contributed by atoms with Crippen LogP contribution < -0.4 is 10.5 Å². The molecule has 0 heterocycles. The summed E-state index contributed by atoms with van der Waals surface area (Å²) in [6, 6.07) is 10.1. The molecule has 1 unspecified atom stereocenters. The first-order valence-electron chi connectivity index (χ1n) is 6.12. The molecule has 106 valence electrons. The summed E-state index contributed by atoms with van der Waals surface area (Å²) in [7, 11) is 0. The van der Waals surface area contributed by atoms with Gasteiger partial charge < -0.3 is 10.5 Å². The van der Waals surface area contributed by atoms with Gasteiger partial charge in [-0.3, -0.25) is 0 Å². The molecule has 0 spiro atoms. The fourth-order valence-electron chi connectivity index (χ4n) is 1.79. The van der Waals surface area contributed by atoms with E-state index in [2.05, 4.69) is 15.9 Å². The van der Waals surface area contributed by atoms with Gasteiger partial charge in [-0.25, -0.2) is 4.39 Å². The van der Waals surface area contributed by atoms with Crippen LogP contribution in [-0.4, -0.2) is 6.04 Å². The Balaban J connectivity index is 2.19. The minimum atomic E-state index is -0.337. The quantitative estimate of drug-likeness (QED) is 0.841. The molecule has 0 radical (unpaired) electrons. The number of ether oxygens (including phenoxy) is 1. The lowest BCUT2D eigenvalue weighted by atomic mass is 10.1. The summed E-state index contributed by atoms with van der Waals surface area (Å²) >= 11 is 9.30. The van der Waals surface area contributed by atoms with Gasteiger partial charge in [-0.15, -0.1) is 0 Å². The molecule has 0 aliphatic heterocycles. The van der Waals surface area contributed by atoms with Gasteiger partial charge >= 0.3 is 0 Å². The summed E-state index contributed by atoms with van der Waals surface area (Å²) in [6.07, 6.45) is 0.752. The van der Waals surface area contributed by atoms with Crippen molar-refractivity contribution in [3.05, 3.63) is 57.3 Å². The Morgan fingerprint density at radius 3 is 2.65 bits per heavy atom. The molecule has 5 heteroatoms. The maximum absolute atomic E-state index is 13.2. The van der Waals surface area contributed by atoms with E-state index in [1.807, 2.05) is 19.1 Å². The molecule has 0 aliphatic rings. The van der Waals surface area contributed by atoms with Crippen molar-refractivity contribution in [1.29, 1.82) is 0 Å². The Bertz CT molecular complexity index is 619. The third-order valence-corrected chi connectivity index (χ3v) is 3.58. The van der Waals surface area contributed by atoms with Crippen molar-refractivity contribution >= 4 is 27.5 Å². The highest BCUT2D eigenvalue weighted by molar-refractivity contribution is 9.10. The van der Waals surface area contributed by atoms with Crippen molar-refractivity contribution in [2.45, 2.75) is 19.4 Å². The van der Waals surface area contributed by atoms with Crippen LogP contribution in [0.5, 0.6) is 11.5 Å². The Morgan fingerprint density at radius 2 is 2.05 bits per heavy atom. The molecule has 0 bridgehead atoms. The molecule has 2 aromatic carbocycles. The summed E-state index contributed by atoms with van der Waals surface area (Å²) in [5.41, 5.74) is 6.81. The van der Waals surface area contributed by atoms with Crippen LogP contribution in [0.15, 0.2) is 40.9 Å². The lowest BCUT2D eigenvalue weighted by Crippen LogP contribution is -2.17. The molecular formula is C15H14BrClFNO. The Hall–Kier alpha value is -1.10. The second-order valence-corrected chi connectivity index (χ2v) is 5.89. The van der Waals surface area contributed by atoms with Crippen LogP contribution in [0.4, 0.5) is 4.39 Å². The van der Waals surface area contributed by atoms with Gasteiger partial charge in [-0.2, -0.15) is 0 Å². The largest absolute Gasteiger partial charge is 0.456 e. The molecule has 20 heavy (non-hydrogen) atoms. The predicted molar refractivity (Wildman–Crippen MR) is 83.0 cm³/mol. The molecule has 0 aliphatic carbocycles. The van der Waals surface area contributed by atoms with Crippen LogP contribution in [0.1, 0.15) is 12.5 Å². The van der Waals surface area contributed by atoms with E-state index in [4.69, 9.17) is 22.1 Å². The molecular weight excluding hydrogens is 345 g/mol. The van der Waals surface area contributed by atoms with E-state index in [9.17, 15) is 4.39 Å². The van der Waals surface area contributed by atoms with Gasteiger partial charge in [0, 0.05) is 6.04 Å². The molecule has 2 nitrogen and oxygen atoms in total. The smallest absolute Gasteiger partial charge is 0.146 e. The summed E-state index contributed by atoms with van der Waals surface area (Å²) in [4.78, 5) is 0. The third kappa shape index (κ3) is 3.95. The van der Waals surface area contributed by atoms with Crippen LogP contribution >= 0.6 is 27.5 Å². The van der Waals surface area contributed by atoms with Gasteiger partial charge in [0.05, 0.1) is 9.50 Å². The molecule has 1 atom stereocenters. The maximum atomic E-state index is 13.2. The topological polar surface area (TPSA) is 35.2 Å². The number of hydrogen-bond acceptors (Lipinski definition) is 2. The minimum Gasteiger partial charge on any atom is -0.456 e. The highest BCUT2D eigenvalue weighted by Crippen LogP contribution is 2.32. The number of nitrogens with two attached hydrogens (primary N) is 1. The standard InChI is InChI=1S/C15H14BrClFNO/c1-9(19)6-10-2-5-15(13(17)7-10)20-11-3-4-14(18)12(16)8-11/h2-5,7-9H,6,19H2,1H3. The average molecular weight is 359 g/mol. The zero-order valence-electron chi connectivity index (χ0n) is 10.9. The monoisotopic (exact) mass is 357 g/mol. The molecule has 2 rings (SSSR count). The lowest BCUT2D eigenvalue weighted by Gasteiger charge is -2.11. The minimum absolute atomic E-state index is 0.0749. The van der Waals surface area contributed by atoms with Gasteiger partial charge in [0.15, 0.2) is 0 Å². The van der Waals surface area contributed by atoms with Gasteiger partial charge in [-0.05, 0) is 65.2 Å². The first-order valence-corrected chi connectivity index (χ1v) is 7.29. The third-order valence-electron chi connectivity index (χ3n) is 2.67. The van der Waals surface area contributed by atoms with Crippen LogP contribution in [0, 0.1) is 5.82 Å². The van der Waals surface area contributed by atoms with Gasteiger partial charge in [0.2, 0.25) is 0 Å². The second kappa shape index (κ2) is 6.57. The first kappa shape index (κ1) is 15.3. The molecule has 0 saturated heterocycles.